The summed E-state index contributed by atoms with van der Waals surface area (Å²) in [4.78, 5) is 21.5. The number of rotatable bonds is 9. The van der Waals surface area contributed by atoms with E-state index < -0.39 is 0 Å². The van der Waals surface area contributed by atoms with Crippen LogP contribution in [-0.2, 0) is 0 Å². The third-order valence-corrected chi connectivity index (χ3v) is 5.41. The number of nitrogens with zero attached hydrogens (tertiary/aromatic N) is 2. The van der Waals surface area contributed by atoms with E-state index in [1.807, 2.05) is 24.4 Å². The molecule has 1 aliphatic carbocycles. The van der Waals surface area contributed by atoms with E-state index in [1.54, 1.807) is 46.6 Å². The van der Waals surface area contributed by atoms with Gasteiger partial charge in [0.15, 0.2) is 11.5 Å². The molecule has 1 aromatic heterocycles. The van der Waals surface area contributed by atoms with Crippen LogP contribution in [0.5, 0.6) is 17.2 Å². The van der Waals surface area contributed by atoms with Gasteiger partial charge in [-0.25, -0.2) is 4.98 Å². The topological polar surface area (TPSA) is 107 Å². The van der Waals surface area contributed by atoms with Crippen LogP contribution < -0.4 is 30.2 Å². The lowest BCUT2D eigenvalue weighted by Crippen LogP contribution is -2.19. The zero-order valence-corrected chi connectivity index (χ0v) is 19.1. The van der Waals surface area contributed by atoms with Crippen LogP contribution in [0.3, 0.4) is 0 Å². The van der Waals surface area contributed by atoms with Crippen molar-refractivity contribution in [1.29, 1.82) is 0 Å². The molecule has 0 radical (unpaired) electrons. The van der Waals surface area contributed by atoms with Gasteiger partial charge in [-0.15, -0.1) is 0 Å². The van der Waals surface area contributed by atoms with E-state index in [4.69, 9.17) is 19.2 Å². The molecule has 1 aliphatic rings. The van der Waals surface area contributed by atoms with E-state index in [-0.39, 0.29) is 5.91 Å². The lowest BCUT2D eigenvalue weighted by Gasteiger charge is -2.16. The second kappa shape index (κ2) is 9.64. The van der Waals surface area contributed by atoms with E-state index in [1.165, 1.54) is 0 Å². The first-order chi connectivity index (χ1) is 16.1. The molecule has 3 aromatic rings. The second-order valence-corrected chi connectivity index (χ2v) is 7.56. The average molecular weight is 450 g/mol. The maximum Gasteiger partial charge on any atom is 0.253 e. The molecule has 0 aliphatic heterocycles. The largest absolute Gasteiger partial charge is 0.493 e. The number of benzene rings is 2. The van der Waals surface area contributed by atoms with Crippen LogP contribution in [-0.4, -0.2) is 44.3 Å². The Balaban J connectivity index is 1.68. The van der Waals surface area contributed by atoms with Crippen LogP contribution in [0.1, 0.15) is 34.7 Å². The average Bonchev–Trinajstić information content (AvgIpc) is 3.68. The lowest BCUT2D eigenvalue weighted by atomic mass is 10.1. The number of para-hydroxylation sites is 1. The summed E-state index contributed by atoms with van der Waals surface area (Å²) < 4.78 is 16.2. The molecule has 33 heavy (non-hydrogen) atoms. The van der Waals surface area contributed by atoms with Crippen LogP contribution in [0.15, 0.2) is 42.6 Å². The highest BCUT2D eigenvalue weighted by molar-refractivity contribution is 6.00. The number of methoxy groups -OCH3 is 3. The first-order valence-electron chi connectivity index (χ1n) is 10.6. The van der Waals surface area contributed by atoms with Crippen molar-refractivity contribution in [3.8, 4) is 17.2 Å². The van der Waals surface area contributed by atoms with E-state index >= 15 is 0 Å². The van der Waals surface area contributed by atoms with Gasteiger partial charge in [-0.2, -0.15) is 4.98 Å². The summed E-state index contributed by atoms with van der Waals surface area (Å²) >= 11 is 0. The molecule has 9 heteroatoms. The van der Waals surface area contributed by atoms with Gasteiger partial charge < -0.3 is 30.2 Å². The van der Waals surface area contributed by atoms with Crippen molar-refractivity contribution in [3.63, 3.8) is 0 Å². The van der Waals surface area contributed by atoms with Gasteiger partial charge in [0.1, 0.15) is 5.82 Å². The Morgan fingerprint density at radius 2 is 1.70 bits per heavy atom. The van der Waals surface area contributed by atoms with Gasteiger partial charge in [-0.1, -0.05) is 12.1 Å². The van der Waals surface area contributed by atoms with Crippen molar-refractivity contribution in [2.24, 2.45) is 0 Å². The zero-order valence-electron chi connectivity index (χ0n) is 19.1. The number of hydrogen-bond donors (Lipinski definition) is 3. The Labute approximate surface area is 192 Å². The fourth-order valence-corrected chi connectivity index (χ4v) is 3.58. The maximum absolute atomic E-state index is 12.3. The first kappa shape index (κ1) is 22.2. The summed E-state index contributed by atoms with van der Waals surface area (Å²) in [5.74, 6) is 2.85. The highest BCUT2D eigenvalue weighted by Crippen LogP contribution is 2.44. The SMILES string of the molecule is CNC(=O)c1ccccc1Nc1nc(Nc2cc(OC)c(OC)c(OC)c2)ncc1C1CC1. The van der Waals surface area contributed by atoms with E-state index in [2.05, 4.69) is 20.9 Å². The number of aromatic nitrogens is 2. The molecule has 9 nitrogen and oxygen atoms in total. The van der Waals surface area contributed by atoms with Crippen molar-refractivity contribution in [2.45, 2.75) is 18.8 Å². The number of carbonyl (C=O) groups excluding carboxylic acids is 1. The number of ether oxygens (including phenoxy) is 3. The van der Waals surface area contributed by atoms with Gasteiger partial charge in [0.2, 0.25) is 11.7 Å². The minimum Gasteiger partial charge on any atom is -0.493 e. The van der Waals surface area contributed by atoms with Crippen LogP contribution in [0, 0.1) is 0 Å². The van der Waals surface area contributed by atoms with Gasteiger partial charge in [-0.3, -0.25) is 4.79 Å². The summed E-state index contributed by atoms with van der Waals surface area (Å²) in [6, 6.07) is 10.9. The molecule has 1 saturated carbocycles. The predicted octanol–water partition coefficient (Wildman–Crippen LogP) is 4.23. The Kier molecular flexibility index (Phi) is 6.48. The molecule has 3 N–H and O–H groups in total. The molecule has 2 aromatic carbocycles. The lowest BCUT2D eigenvalue weighted by molar-refractivity contribution is 0.0964. The standard InChI is InChI=1S/C24H27N5O4/c1-25-23(30)16-7-5-6-8-18(16)28-22-17(14-9-10-14)13-26-24(29-22)27-15-11-19(31-2)21(33-4)20(12-15)32-3/h5-8,11-14H,9-10H2,1-4H3,(H,25,30)(H2,26,27,28,29). The number of anilines is 4. The molecule has 1 heterocycles. The number of hydrogen-bond acceptors (Lipinski definition) is 8. The minimum absolute atomic E-state index is 0.170. The molecule has 0 unspecified atom stereocenters. The fraction of sp³-hybridized carbons (Fsp3) is 0.292. The Hall–Kier alpha value is -4.01. The van der Waals surface area contributed by atoms with Crippen molar-refractivity contribution in [3.05, 3.63) is 53.7 Å². The summed E-state index contributed by atoms with van der Waals surface area (Å²) in [6.07, 6.45) is 4.01. The van der Waals surface area contributed by atoms with Gasteiger partial charge in [-0.05, 0) is 30.9 Å². The molecule has 0 saturated heterocycles. The summed E-state index contributed by atoms with van der Waals surface area (Å²) in [7, 11) is 6.29. The first-order valence-corrected chi connectivity index (χ1v) is 10.6. The Morgan fingerprint density at radius 3 is 2.30 bits per heavy atom. The smallest absolute Gasteiger partial charge is 0.253 e. The van der Waals surface area contributed by atoms with Crippen molar-refractivity contribution in [1.82, 2.24) is 15.3 Å². The third-order valence-electron chi connectivity index (χ3n) is 5.41. The normalized spacial score (nSPS) is 12.6. The summed E-state index contributed by atoms with van der Waals surface area (Å²) in [5, 5.41) is 9.23. The van der Waals surface area contributed by atoms with Crippen LogP contribution in [0.4, 0.5) is 23.1 Å². The molecule has 0 atom stereocenters. The minimum atomic E-state index is -0.170. The van der Waals surface area contributed by atoms with Crippen LogP contribution >= 0.6 is 0 Å². The van der Waals surface area contributed by atoms with E-state index in [0.717, 1.165) is 18.4 Å². The second-order valence-electron chi connectivity index (χ2n) is 7.56. The summed E-state index contributed by atoms with van der Waals surface area (Å²) in [5.41, 5.74) is 2.92. The molecule has 1 fully saturated rings. The van der Waals surface area contributed by atoms with Crippen LogP contribution in [0.2, 0.25) is 0 Å². The van der Waals surface area contributed by atoms with E-state index in [0.29, 0.717) is 51.9 Å². The van der Waals surface area contributed by atoms with Crippen molar-refractivity contribution < 1.29 is 19.0 Å². The number of amides is 1. The predicted molar refractivity (Wildman–Crippen MR) is 127 cm³/mol. The Morgan fingerprint density at radius 1 is 1.00 bits per heavy atom. The molecule has 0 bridgehead atoms. The van der Waals surface area contributed by atoms with Gasteiger partial charge in [0.05, 0.1) is 32.6 Å². The van der Waals surface area contributed by atoms with Crippen molar-refractivity contribution >= 4 is 29.0 Å². The summed E-state index contributed by atoms with van der Waals surface area (Å²) in [6.45, 7) is 0. The zero-order chi connectivity index (χ0) is 23.4. The highest BCUT2D eigenvalue weighted by atomic mass is 16.5. The van der Waals surface area contributed by atoms with E-state index in [9.17, 15) is 4.79 Å². The fourth-order valence-electron chi connectivity index (χ4n) is 3.58. The molecular formula is C24H27N5O4. The third kappa shape index (κ3) is 4.77. The monoisotopic (exact) mass is 449 g/mol. The van der Waals surface area contributed by atoms with Crippen LogP contribution in [0.25, 0.3) is 0 Å². The van der Waals surface area contributed by atoms with Crippen molar-refractivity contribution in [2.75, 3.05) is 39.0 Å². The number of nitrogens with one attached hydrogen (secondary N) is 3. The molecule has 0 spiro atoms. The molecule has 172 valence electrons. The van der Waals surface area contributed by atoms with Gasteiger partial charge in [0, 0.05) is 36.6 Å². The highest BCUT2D eigenvalue weighted by Gasteiger charge is 2.28. The van der Waals surface area contributed by atoms with Gasteiger partial charge in [0.25, 0.3) is 5.91 Å². The quantitative estimate of drug-likeness (QED) is 0.446. The maximum atomic E-state index is 12.3. The Bertz CT molecular complexity index is 1140. The molecule has 4 rings (SSSR count). The number of carbonyl (C=O) groups is 1. The molecular weight excluding hydrogens is 422 g/mol. The van der Waals surface area contributed by atoms with Gasteiger partial charge >= 0.3 is 0 Å². The molecule has 1 amide bonds.